The summed E-state index contributed by atoms with van der Waals surface area (Å²) in [5, 5.41) is 0. The van der Waals surface area contributed by atoms with Crippen molar-refractivity contribution >= 4 is 12.1 Å². The second kappa shape index (κ2) is 12.8. The van der Waals surface area contributed by atoms with E-state index in [0.29, 0.717) is 11.4 Å². The van der Waals surface area contributed by atoms with Crippen LogP contribution in [-0.2, 0) is 31.0 Å². The predicted molar refractivity (Wildman–Crippen MR) is 154 cm³/mol. The molecule has 1 aliphatic heterocycles. The molecule has 1 fully saturated rings. The van der Waals surface area contributed by atoms with E-state index < -0.39 is 53.5 Å². The number of hydrogen-bond acceptors (Lipinski definition) is 7. The smallest absolute Gasteiger partial charge is 0.411 e. The van der Waals surface area contributed by atoms with Crippen molar-refractivity contribution in [3.05, 3.63) is 59.0 Å². The molecule has 1 aromatic carbocycles. The zero-order valence-corrected chi connectivity index (χ0v) is 26.0. The number of ether oxygens (including phenoxy) is 4. The van der Waals surface area contributed by atoms with Gasteiger partial charge >= 0.3 is 12.1 Å². The van der Waals surface area contributed by atoms with E-state index in [0.717, 1.165) is 5.56 Å². The molecular formula is C32H45FN2O6. The normalized spacial score (nSPS) is 21.2. The second-order valence-electron chi connectivity index (χ2n) is 12.8. The summed E-state index contributed by atoms with van der Waals surface area (Å²) in [7, 11) is 1.54. The number of pyridine rings is 1. The van der Waals surface area contributed by atoms with Crippen LogP contribution in [0, 0.1) is 17.2 Å². The highest BCUT2D eigenvalue weighted by atomic mass is 19.1. The van der Waals surface area contributed by atoms with Crippen molar-refractivity contribution in [2.24, 2.45) is 11.3 Å². The molecule has 1 amide bonds. The van der Waals surface area contributed by atoms with Gasteiger partial charge in [-0.25, -0.2) is 19.0 Å². The van der Waals surface area contributed by atoms with Crippen LogP contribution in [0.5, 0.6) is 5.88 Å². The van der Waals surface area contributed by atoms with Gasteiger partial charge in [-0.1, -0.05) is 59.7 Å². The van der Waals surface area contributed by atoms with Crippen LogP contribution in [0.3, 0.4) is 0 Å². The molecule has 0 aliphatic carbocycles. The Kier molecular flexibility index (Phi) is 10.1. The number of methoxy groups -OCH3 is 1. The van der Waals surface area contributed by atoms with Gasteiger partial charge in [0.05, 0.1) is 38.6 Å². The van der Waals surface area contributed by atoms with Gasteiger partial charge in [0, 0.05) is 23.2 Å². The number of amides is 1. The van der Waals surface area contributed by atoms with Crippen LogP contribution in [0.4, 0.5) is 9.18 Å². The molecule has 0 bridgehead atoms. The van der Waals surface area contributed by atoms with Gasteiger partial charge in [-0.2, -0.15) is 0 Å². The SMILES string of the molecule is CCOC(=O)[C@@H]1[C@@H](C(C)(C)C)[C@@H](OCc2cc(C(C)(C)C)cnc2OC)[C@H](c2ccccc2F)N1C(=O)OC(C)C. The minimum atomic E-state index is -1.07. The highest BCUT2D eigenvalue weighted by Gasteiger charge is 2.60. The average molecular weight is 573 g/mol. The van der Waals surface area contributed by atoms with E-state index in [-0.39, 0.29) is 24.2 Å². The molecule has 0 spiro atoms. The molecule has 0 N–H and O–H groups in total. The van der Waals surface area contributed by atoms with Crippen molar-refractivity contribution in [2.45, 2.75) is 98.6 Å². The maximum atomic E-state index is 15.5. The number of carbonyl (C=O) groups is 2. The van der Waals surface area contributed by atoms with Gasteiger partial charge in [-0.05, 0) is 49.3 Å². The van der Waals surface area contributed by atoms with E-state index in [1.54, 1.807) is 52.3 Å². The number of benzene rings is 1. The standard InChI is InChI=1S/C32H45FN2O6/c1-11-39-29(36)26-24(32(7,8)9)27(40-18-20-16-21(31(4,5)6)17-34-28(20)38-10)25(22-14-12-13-15-23(22)33)35(26)30(37)41-19(2)3/h12-17,19,24-27H,11,18H2,1-10H3/t24-,25+,26+,27-/m1/s1. The Labute approximate surface area is 243 Å². The van der Waals surface area contributed by atoms with Crippen LogP contribution in [0.25, 0.3) is 0 Å². The molecule has 1 aliphatic rings. The summed E-state index contributed by atoms with van der Waals surface area (Å²) in [6.45, 7) is 17.5. The third-order valence-electron chi connectivity index (χ3n) is 7.32. The molecule has 0 saturated carbocycles. The number of aromatic nitrogens is 1. The quantitative estimate of drug-likeness (QED) is 0.329. The summed E-state index contributed by atoms with van der Waals surface area (Å²) in [6.07, 6.45) is -0.224. The van der Waals surface area contributed by atoms with Gasteiger partial charge in [-0.15, -0.1) is 0 Å². The lowest BCUT2D eigenvalue weighted by Gasteiger charge is -2.35. The lowest BCUT2D eigenvalue weighted by atomic mass is 9.73. The topological polar surface area (TPSA) is 87.2 Å². The van der Waals surface area contributed by atoms with Gasteiger partial charge < -0.3 is 18.9 Å². The highest BCUT2D eigenvalue weighted by Crippen LogP contribution is 2.50. The van der Waals surface area contributed by atoms with Gasteiger partial charge in [0.15, 0.2) is 0 Å². The molecule has 3 rings (SSSR count). The molecule has 1 aromatic heterocycles. The van der Waals surface area contributed by atoms with Gasteiger partial charge in [0.2, 0.25) is 5.88 Å². The summed E-state index contributed by atoms with van der Waals surface area (Å²) in [6, 6.07) is 6.18. The van der Waals surface area contributed by atoms with Crippen LogP contribution in [-0.4, -0.2) is 53.9 Å². The molecule has 1 saturated heterocycles. The van der Waals surface area contributed by atoms with Gasteiger partial charge in [0.1, 0.15) is 11.9 Å². The van der Waals surface area contributed by atoms with Crippen molar-refractivity contribution in [1.29, 1.82) is 0 Å². The van der Waals surface area contributed by atoms with Crippen molar-refractivity contribution in [1.82, 2.24) is 9.88 Å². The van der Waals surface area contributed by atoms with E-state index >= 15 is 4.39 Å². The Balaban J connectivity index is 2.21. The summed E-state index contributed by atoms with van der Waals surface area (Å²) in [4.78, 5) is 33.1. The van der Waals surface area contributed by atoms with Crippen molar-refractivity contribution in [3.8, 4) is 5.88 Å². The first-order valence-electron chi connectivity index (χ1n) is 14.2. The van der Waals surface area contributed by atoms with Gasteiger partial charge in [0.25, 0.3) is 0 Å². The Morgan fingerprint density at radius 1 is 1.10 bits per heavy atom. The Bertz CT molecular complexity index is 1220. The number of carbonyl (C=O) groups excluding carboxylic acids is 2. The Morgan fingerprint density at radius 2 is 1.76 bits per heavy atom. The molecule has 2 heterocycles. The van der Waals surface area contributed by atoms with Crippen LogP contribution in [0.15, 0.2) is 36.5 Å². The highest BCUT2D eigenvalue weighted by molar-refractivity contribution is 5.83. The maximum absolute atomic E-state index is 15.5. The molecule has 2 aromatic rings. The van der Waals surface area contributed by atoms with Crippen molar-refractivity contribution in [2.75, 3.05) is 13.7 Å². The molecule has 0 radical (unpaired) electrons. The fraction of sp³-hybridized carbons (Fsp3) is 0.594. The Hall–Kier alpha value is -3.20. The number of hydrogen-bond donors (Lipinski definition) is 0. The minimum Gasteiger partial charge on any atom is -0.481 e. The molecule has 9 heteroatoms. The average Bonchev–Trinajstić information content (AvgIpc) is 3.22. The minimum absolute atomic E-state index is 0.0604. The molecule has 8 nitrogen and oxygen atoms in total. The summed E-state index contributed by atoms with van der Waals surface area (Å²) in [5.41, 5.74) is 1.20. The summed E-state index contributed by atoms with van der Waals surface area (Å²) in [5.74, 6) is -1.27. The number of likely N-dealkylation sites (tertiary alicyclic amines) is 1. The van der Waals surface area contributed by atoms with Crippen LogP contribution < -0.4 is 4.74 Å². The summed E-state index contributed by atoms with van der Waals surface area (Å²) >= 11 is 0. The number of nitrogens with zero attached hydrogens (tertiary/aromatic N) is 2. The zero-order valence-electron chi connectivity index (χ0n) is 26.0. The lowest BCUT2D eigenvalue weighted by Crippen LogP contribution is -2.48. The predicted octanol–water partition coefficient (Wildman–Crippen LogP) is 6.61. The Morgan fingerprint density at radius 3 is 2.29 bits per heavy atom. The maximum Gasteiger partial charge on any atom is 0.411 e. The fourth-order valence-electron chi connectivity index (χ4n) is 5.44. The lowest BCUT2D eigenvalue weighted by molar-refractivity contribution is -0.151. The number of halogens is 1. The first-order chi connectivity index (χ1) is 19.1. The van der Waals surface area contributed by atoms with Gasteiger partial charge in [-0.3, -0.25) is 4.90 Å². The molecular weight excluding hydrogens is 527 g/mol. The van der Waals surface area contributed by atoms with Crippen molar-refractivity contribution < 1.29 is 32.9 Å². The van der Waals surface area contributed by atoms with Crippen LogP contribution >= 0.6 is 0 Å². The largest absolute Gasteiger partial charge is 0.481 e. The third-order valence-corrected chi connectivity index (χ3v) is 7.32. The van der Waals surface area contributed by atoms with E-state index in [2.05, 4.69) is 25.8 Å². The third kappa shape index (κ3) is 7.18. The molecule has 41 heavy (non-hydrogen) atoms. The molecule has 0 unspecified atom stereocenters. The van der Waals surface area contributed by atoms with E-state index in [1.165, 1.54) is 11.0 Å². The number of esters is 1. The summed E-state index contributed by atoms with van der Waals surface area (Å²) < 4.78 is 38.8. The second-order valence-corrected chi connectivity index (χ2v) is 12.8. The molecule has 4 atom stereocenters. The van der Waals surface area contributed by atoms with Crippen LogP contribution in [0.2, 0.25) is 0 Å². The van der Waals surface area contributed by atoms with Crippen LogP contribution in [0.1, 0.15) is 85.0 Å². The zero-order chi connectivity index (χ0) is 30.7. The van der Waals surface area contributed by atoms with E-state index in [4.69, 9.17) is 18.9 Å². The monoisotopic (exact) mass is 572 g/mol. The van der Waals surface area contributed by atoms with E-state index in [9.17, 15) is 9.59 Å². The molecule has 226 valence electrons. The fourth-order valence-corrected chi connectivity index (χ4v) is 5.44. The first kappa shape index (κ1) is 32.3. The van der Waals surface area contributed by atoms with E-state index in [1.807, 2.05) is 26.8 Å². The van der Waals surface area contributed by atoms with Crippen molar-refractivity contribution in [3.63, 3.8) is 0 Å². The number of rotatable bonds is 8. The first-order valence-corrected chi connectivity index (χ1v) is 14.2.